The van der Waals surface area contributed by atoms with Crippen LogP contribution in [0.25, 0.3) is 0 Å². The SMILES string of the molecule is COCCN(C)S(=O)(=O)c1ccc(C)cc1. The standard InChI is InChI=1S/C11H17NO3S/c1-10-4-6-11(7-5-10)16(13,14)12(2)8-9-15-3/h4-7H,8-9H2,1-3H3. The summed E-state index contributed by atoms with van der Waals surface area (Å²) in [5.74, 6) is 0. The molecule has 0 fully saturated rings. The summed E-state index contributed by atoms with van der Waals surface area (Å²) in [4.78, 5) is 0.316. The largest absolute Gasteiger partial charge is 0.383 e. The van der Waals surface area contributed by atoms with Crippen molar-refractivity contribution in [1.82, 2.24) is 4.31 Å². The summed E-state index contributed by atoms with van der Waals surface area (Å²) < 4.78 is 30.2. The van der Waals surface area contributed by atoms with Gasteiger partial charge in [-0.25, -0.2) is 8.42 Å². The molecule has 0 atom stereocenters. The van der Waals surface area contributed by atoms with E-state index in [2.05, 4.69) is 0 Å². The summed E-state index contributed by atoms with van der Waals surface area (Å²) in [5.41, 5.74) is 1.04. The van der Waals surface area contributed by atoms with Gasteiger partial charge < -0.3 is 4.74 Å². The number of likely N-dealkylation sites (N-methyl/N-ethyl adjacent to an activating group) is 1. The van der Waals surface area contributed by atoms with Crippen molar-refractivity contribution in [3.63, 3.8) is 0 Å². The Morgan fingerprint density at radius 2 is 1.81 bits per heavy atom. The summed E-state index contributed by atoms with van der Waals surface area (Å²) in [7, 11) is -0.277. The molecule has 90 valence electrons. The molecule has 0 heterocycles. The van der Waals surface area contributed by atoms with Crippen LogP contribution in [0.3, 0.4) is 0 Å². The predicted molar refractivity (Wildman–Crippen MR) is 62.9 cm³/mol. The number of methoxy groups -OCH3 is 1. The smallest absolute Gasteiger partial charge is 0.242 e. The number of aryl methyl sites for hydroxylation is 1. The van der Waals surface area contributed by atoms with Gasteiger partial charge in [0.05, 0.1) is 11.5 Å². The van der Waals surface area contributed by atoms with Crippen molar-refractivity contribution in [3.8, 4) is 0 Å². The topological polar surface area (TPSA) is 46.6 Å². The van der Waals surface area contributed by atoms with Gasteiger partial charge in [0, 0.05) is 20.7 Å². The molecule has 1 aromatic rings. The van der Waals surface area contributed by atoms with Gasteiger partial charge in [0.2, 0.25) is 10.0 Å². The first-order valence-corrected chi connectivity index (χ1v) is 6.44. The van der Waals surface area contributed by atoms with E-state index in [9.17, 15) is 8.42 Å². The molecule has 1 aromatic carbocycles. The summed E-state index contributed by atoms with van der Waals surface area (Å²) in [6.45, 7) is 2.67. The first kappa shape index (κ1) is 13.2. The lowest BCUT2D eigenvalue weighted by atomic mass is 10.2. The van der Waals surface area contributed by atoms with Crippen LogP contribution in [0.4, 0.5) is 0 Å². The van der Waals surface area contributed by atoms with Crippen LogP contribution in [0.15, 0.2) is 29.2 Å². The molecule has 0 radical (unpaired) electrons. The molecule has 0 aliphatic rings. The first-order valence-electron chi connectivity index (χ1n) is 5.00. The zero-order valence-corrected chi connectivity index (χ0v) is 10.6. The van der Waals surface area contributed by atoms with Gasteiger partial charge in [-0.05, 0) is 19.1 Å². The average Bonchev–Trinajstić information content (AvgIpc) is 2.26. The zero-order valence-electron chi connectivity index (χ0n) is 9.80. The summed E-state index contributed by atoms with van der Waals surface area (Å²) in [6.07, 6.45) is 0. The molecule has 0 aliphatic carbocycles. The highest BCUT2D eigenvalue weighted by Crippen LogP contribution is 2.14. The lowest BCUT2D eigenvalue weighted by Crippen LogP contribution is -2.30. The molecule has 0 bridgehead atoms. The van der Waals surface area contributed by atoms with E-state index < -0.39 is 10.0 Å². The molecule has 0 saturated heterocycles. The average molecular weight is 243 g/mol. The molecule has 0 aromatic heterocycles. The Morgan fingerprint density at radius 1 is 1.25 bits per heavy atom. The van der Waals surface area contributed by atoms with Crippen molar-refractivity contribution < 1.29 is 13.2 Å². The number of rotatable bonds is 5. The van der Waals surface area contributed by atoms with Gasteiger partial charge in [-0.15, -0.1) is 0 Å². The van der Waals surface area contributed by atoms with E-state index >= 15 is 0 Å². The van der Waals surface area contributed by atoms with Crippen LogP contribution < -0.4 is 0 Å². The maximum Gasteiger partial charge on any atom is 0.242 e. The fourth-order valence-electron chi connectivity index (χ4n) is 1.23. The minimum atomic E-state index is -3.37. The fraction of sp³-hybridized carbons (Fsp3) is 0.455. The molecule has 16 heavy (non-hydrogen) atoms. The van der Waals surface area contributed by atoms with Gasteiger partial charge in [0.25, 0.3) is 0 Å². The van der Waals surface area contributed by atoms with E-state index in [-0.39, 0.29) is 0 Å². The highest BCUT2D eigenvalue weighted by molar-refractivity contribution is 7.89. The van der Waals surface area contributed by atoms with Gasteiger partial charge in [-0.1, -0.05) is 17.7 Å². The van der Waals surface area contributed by atoms with Crippen LogP contribution in [0, 0.1) is 6.92 Å². The second kappa shape index (κ2) is 5.43. The summed E-state index contributed by atoms with van der Waals surface area (Å²) in [6, 6.07) is 6.82. The summed E-state index contributed by atoms with van der Waals surface area (Å²) in [5, 5.41) is 0. The van der Waals surface area contributed by atoms with E-state index in [0.29, 0.717) is 18.0 Å². The van der Waals surface area contributed by atoms with Gasteiger partial charge in [0.15, 0.2) is 0 Å². The van der Waals surface area contributed by atoms with Crippen molar-refractivity contribution in [2.45, 2.75) is 11.8 Å². The van der Waals surface area contributed by atoms with Gasteiger partial charge in [0.1, 0.15) is 0 Å². The van der Waals surface area contributed by atoms with Crippen LogP contribution >= 0.6 is 0 Å². The minimum Gasteiger partial charge on any atom is -0.383 e. The molecular weight excluding hydrogens is 226 g/mol. The van der Waals surface area contributed by atoms with Crippen molar-refractivity contribution in [2.75, 3.05) is 27.3 Å². The third-order valence-electron chi connectivity index (χ3n) is 2.34. The van der Waals surface area contributed by atoms with Crippen LogP contribution in [0.1, 0.15) is 5.56 Å². The molecule has 0 saturated carbocycles. The van der Waals surface area contributed by atoms with Crippen LogP contribution in [-0.2, 0) is 14.8 Å². The fourth-order valence-corrected chi connectivity index (χ4v) is 2.39. The first-order chi connectivity index (χ1) is 7.48. The van der Waals surface area contributed by atoms with Gasteiger partial charge >= 0.3 is 0 Å². The lowest BCUT2D eigenvalue weighted by Gasteiger charge is -2.16. The van der Waals surface area contributed by atoms with E-state index in [1.54, 1.807) is 38.4 Å². The highest BCUT2D eigenvalue weighted by atomic mass is 32.2. The Balaban J connectivity index is 2.89. The number of ether oxygens (including phenoxy) is 1. The van der Waals surface area contributed by atoms with Crippen molar-refractivity contribution in [3.05, 3.63) is 29.8 Å². The molecule has 0 unspecified atom stereocenters. The minimum absolute atomic E-state index is 0.316. The predicted octanol–water partition coefficient (Wildman–Crippen LogP) is 1.26. The molecule has 0 N–H and O–H groups in total. The number of hydrogen-bond acceptors (Lipinski definition) is 3. The zero-order chi connectivity index (χ0) is 12.2. The second-order valence-corrected chi connectivity index (χ2v) is 5.68. The van der Waals surface area contributed by atoms with Crippen LogP contribution in [0.5, 0.6) is 0 Å². The Morgan fingerprint density at radius 3 is 2.31 bits per heavy atom. The van der Waals surface area contributed by atoms with Crippen LogP contribution in [0.2, 0.25) is 0 Å². The maximum absolute atomic E-state index is 12.0. The number of sulfonamides is 1. The Bertz CT molecular complexity index is 425. The Kier molecular flexibility index (Phi) is 4.46. The third-order valence-corrected chi connectivity index (χ3v) is 4.21. The molecule has 5 heteroatoms. The van der Waals surface area contributed by atoms with Crippen LogP contribution in [-0.4, -0.2) is 40.0 Å². The lowest BCUT2D eigenvalue weighted by molar-refractivity contribution is 0.185. The maximum atomic E-state index is 12.0. The molecule has 0 amide bonds. The molecule has 0 spiro atoms. The van der Waals surface area contributed by atoms with Crippen molar-refractivity contribution in [1.29, 1.82) is 0 Å². The van der Waals surface area contributed by atoms with Gasteiger partial charge in [-0.3, -0.25) is 0 Å². The van der Waals surface area contributed by atoms with E-state index in [4.69, 9.17) is 4.74 Å². The quantitative estimate of drug-likeness (QED) is 0.782. The van der Waals surface area contributed by atoms with E-state index in [0.717, 1.165) is 5.56 Å². The Hall–Kier alpha value is -0.910. The highest BCUT2D eigenvalue weighted by Gasteiger charge is 2.19. The number of hydrogen-bond donors (Lipinski definition) is 0. The molecular formula is C11H17NO3S. The van der Waals surface area contributed by atoms with Crippen molar-refractivity contribution >= 4 is 10.0 Å². The second-order valence-electron chi connectivity index (χ2n) is 3.63. The van der Waals surface area contributed by atoms with E-state index in [1.165, 1.54) is 4.31 Å². The molecule has 1 rings (SSSR count). The van der Waals surface area contributed by atoms with Crippen molar-refractivity contribution in [2.24, 2.45) is 0 Å². The molecule has 0 aliphatic heterocycles. The monoisotopic (exact) mass is 243 g/mol. The van der Waals surface area contributed by atoms with Gasteiger partial charge in [-0.2, -0.15) is 4.31 Å². The number of benzene rings is 1. The normalized spacial score (nSPS) is 12.0. The third kappa shape index (κ3) is 3.04. The molecule has 4 nitrogen and oxygen atoms in total. The number of nitrogens with zero attached hydrogens (tertiary/aromatic N) is 1. The summed E-state index contributed by atoms with van der Waals surface area (Å²) >= 11 is 0. The van der Waals surface area contributed by atoms with E-state index in [1.807, 2.05) is 6.92 Å². The Labute approximate surface area is 96.9 Å².